The van der Waals surface area contributed by atoms with Gasteiger partial charge in [0, 0.05) is 0 Å². The van der Waals surface area contributed by atoms with Gasteiger partial charge in [0.25, 0.3) is 11.3 Å². The topological polar surface area (TPSA) is 66.8 Å². The number of hydrogen-bond donors (Lipinski definition) is 1. The molecule has 0 amide bonds. The van der Waals surface area contributed by atoms with Gasteiger partial charge in [0.05, 0.1) is 23.4 Å². The molecule has 0 radical (unpaired) electrons. The molecule has 0 spiro atoms. The second-order valence-electron chi connectivity index (χ2n) is 4.23. The van der Waals surface area contributed by atoms with Crippen LogP contribution in [0.1, 0.15) is 10.4 Å². The smallest absolute Gasteiger partial charge is 0.339 e. The molecule has 5 nitrogen and oxygen atoms in total. The molecule has 23 heavy (non-hydrogen) atoms. The van der Waals surface area contributed by atoms with Crippen LogP contribution in [0.5, 0.6) is 0 Å². The van der Waals surface area contributed by atoms with Crippen molar-refractivity contribution in [3.8, 4) is 0 Å². The summed E-state index contributed by atoms with van der Waals surface area (Å²) in [5.41, 5.74) is -1.10. The van der Waals surface area contributed by atoms with E-state index in [0.717, 1.165) is 25.3 Å². The van der Waals surface area contributed by atoms with Crippen LogP contribution in [0.2, 0.25) is 5.02 Å². The van der Waals surface area contributed by atoms with Crippen molar-refractivity contribution in [3.05, 3.63) is 58.6 Å². The minimum atomic E-state index is -2.84. The fraction of sp³-hybridized carbons (Fsp3) is 0.0714. The van der Waals surface area contributed by atoms with Gasteiger partial charge in [-0.25, -0.2) is 22.1 Å². The van der Waals surface area contributed by atoms with Gasteiger partial charge >= 0.3 is 5.97 Å². The first-order valence-corrected chi connectivity index (χ1v) is 7.54. The third-order valence-corrected chi connectivity index (χ3v) is 3.99. The van der Waals surface area contributed by atoms with Crippen LogP contribution in [0, 0.1) is 11.6 Å². The summed E-state index contributed by atoms with van der Waals surface area (Å²) in [6.45, 7) is 0. The Morgan fingerprint density at radius 2 is 1.78 bits per heavy atom. The molecule has 1 unspecified atom stereocenters. The van der Waals surface area contributed by atoms with Crippen molar-refractivity contribution in [1.82, 2.24) is 0 Å². The second-order valence-corrected chi connectivity index (χ2v) is 5.43. The van der Waals surface area contributed by atoms with E-state index in [-0.39, 0.29) is 16.3 Å². The molecule has 9 heteroatoms. The lowest BCUT2D eigenvalue weighted by atomic mass is 10.2. The number of ether oxygens (including phenoxy) is 1. The Morgan fingerprint density at radius 3 is 2.30 bits per heavy atom. The molecule has 2 rings (SSSR count). The third-order valence-electron chi connectivity index (χ3n) is 2.90. The van der Waals surface area contributed by atoms with Crippen LogP contribution in [0.25, 0.3) is 0 Å². The van der Waals surface area contributed by atoms with Crippen molar-refractivity contribution in [3.63, 3.8) is 0 Å². The average Bonchev–Trinajstić information content (AvgIpc) is 2.51. The van der Waals surface area contributed by atoms with Crippen molar-refractivity contribution in [2.75, 3.05) is 11.4 Å². The maximum atomic E-state index is 13.9. The number of anilines is 2. The monoisotopic (exact) mass is 361 g/mol. The van der Waals surface area contributed by atoms with Gasteiger partial charge in [-0.2, -0.15) is 0 Å². The maximum absolute atomic E-state index is 13.9. The highest BCUT2D eigenvalue weighted by Gasteiger charge is 2.27. The van der Waals surface area contributed by atoms with Crippen LogP contribution in [0.15, 0.2) is 36.4 Å². The number of rotatable bonds is 4. The number of carbonyl (C=O) groups excluding carboxylic acids is 1. The van der Waals surface area contributed by atoms with Crippen molar-refractivity contribution < 1.29 is 27.1 Å². The minimum Gasteiger partial charge on any atom is -0.465 e. The summed E-state index contributed by atoms with van der Waals surface area (Å²) in [6.07, 6.45) is 0. The minimum absolute atomic E-state index is 0.112. The molecular formula is C14H10ClF2NO4S. The first kappa shape index (κ1) is 17.3. The van der Waals surface area contributed by atoms with Crippen LogP contribution < -0.4 is 4.31 Å². The number of carbonyl (C=O) groups is 1. The van der Waals surface area contributed by atoms with E-state index in [0.29, 0.717) is 4.31 Å². The maximum Gasteiger partial charge on any atom is 0.339 e. The van der Waals surface area contributed by atoms with Crippen LogP contribution in [0.4, 0.5) is 20.2 Å². The van der Waals surface area contributed by atoms with E-state index in [4.69, 9.17) is 11.6 Å². The molecule has 1 N–H and O–H groups in total. The lowest BCUT2D eigenvalue weighted by molar-refractivity contribution is 0.0601. The summed E-state index contributed by atoms with van der Waals surface area (Å²) in [4.78, 5) is 11.6. The van der Waals surface area contributed by atoms with Gasteiger partial charge in [0.1, 0.15) is 5.69 Å². The van der Waals surface area contributed by atoms with E-state index in [1.165, 1.54) is 18.2 Å². The highest BCUT2D eigenvalue weighted by molar-refractivity contribution is 7.81. The lowest BCUT2D eigenvalue weighted by Gasteiger charge is -2.22. The largest absolute Gasteiger partial charge is 0.465 e. The van der Waals surface area contributed by atoms with Gasteiger partial charge in [0.15, 0.2) is 11.6 Å². The lowest BCUT2D eigenvalue weighted by Crippen LogP contribution is -2.22. The first-order chi connectivity index (χ1) is 10.9. The summed E-state index contributed by atoms with van der Waals surface area (Å²) in [7, 11) is 1.13. The summed E-state index contributed by atoms with van der Waals surface area (Å²) in [6, 6.07) is 6.86. The van der Waals surface area contributed by atoms with E-state index in [2.05, 4.69) is 4.74 Å². The van der Waals surface area contributed by atoms with Crippen LogP contribution >= 0.6 is 11.6 Å². The quantitative estimate of drug-likeness (QED) is 0.666. The molecule has 1 atom stereocenters. The van der Waals surface area contributed by atoms with Gasteiger partial charge < -0.3 is 4.74 Å². The predicted octanol–water partition coefficient (Wildman–Crippen LogP) is 3.68. The second kappa shape index (κ2) is 7.03. The molecule has 0 aliphatic heterocycles. The molecule has 122 valence electrons. The number of hydrogen-bond acceptors (Lipinski definition) is 3. The zero-order valence-corrected chi connectivity index (χ0v) is 13.2. The SMILES string of the molecule is COC(=O)c1cccc(N(c2c(F)cccc2F)S(=O)O)c1Cl. The number of halogens is 3. The summed E-state index contributed by atoms with van der Waals surface area (Å²) >= 11 is 3.20. The summed E-state index contributed by atoms with van der Waals surface area (Å²) in [5, 5.41) is -0.274. The Bertz CT molecular complexity index is 767. The number of para-hydroxylation sites is 1. The van der Waals surface area contributed by atoms with E-state index < -0.39 is 34.6 Å². The molecule has 0 fully saturated rings. The van der Waals surface area contributed by atoms with E-state index in [1.54, 1.807) is 0 Å². The van der Waals surface area contributed by atoms with Crippen LogP contribution in [-0.2, 0) is 16.0 Å². The molecule has 0 aliphatic rings. The number of methoxy groups -OCH3 is 1. The molecule has 0 saturated carbocycles. The number of esters is 1. The van der Waals surface area contributed by atoms with Crippen molar-refractivity contribution >= 4 is 40.2 Å². The van der Waals surface area contributed by atoms with E-state index >= 15 is 0 Å². The van der Waals surface area contributed by atoms with E-state index in [9.17, 15) is 22.3 Å². The molecule has 2 aromatic carbocycles. The summed E-state index contributed by atoms with van der Waals surface area (Å²) in [5.74, 6) is -2.92. The van der Waals surface area contributed by atoms with Crippen molar-refractivity contribution in [2.24, 2.45) is 0 Å². The Hall–Kier alpha value is -2.03. The Labute approximate surface area is 137 Å². The molecule has 0 aliphatic carbocycles. The summed E-state index contributed by atoms with van der Waals surface area (Å²) < 4.78 is 54.0. The zero-order valence-electron chi connectivity index (χ0n) is 11.6. The number of benzene rings is 2. The van der Waals surface area contributed by atoms with Gasteiger partial charge in [-0.15, -0.1) is 0 Å². The Balaban J connectivity index is 2.69. The fourth-order valence-corrected chi connectivity index (χ4v) is 2.90. The van der Waals surface area contributed by atoms with Crippen molar-refractivity contribution in [1.29, 1.82) is 0 Å². The number of nitrogens with zero attached hydrogens (tertiary/aromatic N) is 1. The molecule has 0 aromatic heterocycles. The van der Waals surface area contributed by atoms with Gasteiger partial charge in [-0.05, 0) is 24.3 Å². The highest BCUT2D eigenvalue weighted by Crippen LogP contribution is 2.37. The molecule has 0 bridgehead atoms. The normalized spacial score (nSPS) is 11.9. The standard InChI is InChI=1S/C14H10ClF2NO4S/c1-22-14(19)8-4-2-7-11(12(8)15)18(23(20)21)13-9(16)5-3-6-10(13)17/h2-7H,1H3,(H,20,21). The zero-order chi connectivity index (χ0) is 17.1. The van der Waals surface area contributed by atoms with Gasteiger partial charge in [-0.3, -0.25) is 4.55 Å². The first-order valence-electron chi connectivity index (χ1n) is 6.10. The molecule has 0 heterocycles. The van der Waals surface area contributed by atoms with Crippen LogP contribution in [0.3, 0.4) is 0 Å². The molecule has 0 saturated heterocycles. The average molecular weight is 362 g/mol. The van der Waals surface area contributed by atoms with Gasteiger partial charge in [0.2, 0.25) is 0 Å². The molecule has 2 aromatic rings. The van der Waals surface area contributed by atoms with Gasteiger partial charge in [-0.1, -0.05) is 23.7 Å². The predicted molar refractivity (Wildman–Crippen MR) is 82.1 cm³/mol. The highest BCUT2D eigenvalue weighted by atomic mass is 35.5. The van der Waals surface area contributed by atoms with E-state index in [1.807, 2.05) is 0 Å². The molecular weight excluding hydrogens is 352 g/mol. The van der Waals surface area contributed by atoms with Crippen LogP contribution in [-0.4, -0.2) is 21.8 Å². The Morgan fingerprint density at radius 1 is 1.22 bits per heavy atom. The Kier molecular flexibility index (Phi) is 5.30. The van der Waals surface area contributed by atoms with Crippen molar-refractivity contribution in [2.45, 2.75) is 0 Å². The fourth-order valence-electron chi connectivity index (χ4n) is 1.91. The third kappa shape index (κ3) is 3.34.